The van der Waals surface area contributed by atoms with Gasteiger partial charge in [-0.1, -0.05) is 30.3 Å². The molecule has 3 heterocycles. The fraction of sp³-hybridized carbons (Fsp3) is 0.261. The van der Waals surface area contributed by atoms with Crippen LogP contribution in [-0.2, 0) is 30.5 Å². The van der Waals surface area contributed by atoms with Crippen LogP contribution in [0.3, 0.4) is 0 Å². The summed E-state index contributed by atoms with van der Waals surface area (Å²) in [7, 11) is 1.31. The lowest BCUT2D eigenvalue weighted by molar-refractivity contribution is 0.0563. The van der Waals surface area contributed by atoms with E-state index in [2.05, 4.69) is 0 Å². The second-order valence-electron chi connectivity index (χ2n) is 7.38. The third-order valence-electron chi connectivity index (χ3n) is 5.47. The largest absolute Gasteiger partial charge is 0.463 e. The number of methoxy groups -OCH3 is 1. The van der Waals surface area contributed by atoms with E-state index in [0.29, 0.717) is 18.0 Å². The van der Waals surface area contributed by atoms with Crippen molar-refractivity contribution in [2.75, 3.05) is 7.11 Å². The van der Waals surface area contributed by atoms with Crippen molar-refractivity contribution in [3.8, 4) is 0 Å². The molecule has 3 aromatic heterocycles. The number of benzene rings is 1. The summed E-state index contributed by atoms with van der Waals surface area (Å²) < 4.78 is 12.0. The van der Waals surface area contributed by atoms with Gasteiger partial charge in [0.15, 0.2) is 0 Å². The maximum atomic E-state index is 13.6. The number of fused-ring (bicyclic) bond motifs is 3. The zero-order valence-corrected chi connectivity index (χ0v) is 17.3. The van der Waals surface area contributed by atoms with Crippen molar-refractivity contribution in [3.05, 3.63) is 86.2 Å². The Bertz CT molecular complexity index is 1300. The smallest absolute Gasteiger partial charge is 0.373 e. The minimum atomic E-state index is -0.540. The first kappa shape index (κ1) is 18.8. The molecule has 0 saturated carbocycles. The Kier molecular flexibility index (Phi) is 4.75. The number of hydrogen-bond acceptors (Lipinski definition) is 6. The molecule has 0 atom stereocenters. The number of aromatic nitrogens is 2. The summed E-state index contributed by atoms with van der Waals surface area (Å²) in [5, 5.41) is 0.740. The first-order valence-electron chi connectivity index (χ1n) is 9.89. The van der Waals surface area contributed by atoms with Crippen LogP contribution in [0.15, 0.2) is 51.7 Å². The third-order valence-corrected chi connectivity index (χ3v) is 6.66. The molecule has 30 heavy (non-hydrogen) atoms. The number of rotatable bonds is 5. The summed E-state index contributed by atoms with van der Waals surface area (Å²) in [6, 6.07) is 13.2. The van der Waals surface area contributed by atoms with Crippen LogP contribution in [0.4, 0.5) is 0 Å². The van der Waals surface area contributed by atoms with Crippen molar-refractivity contribution in [2.24, 2.45) is 0 Å². The van der Waals surface area contributed by atoms with E-state index in [9.17, 15) is 9.59 Å². The highest BCUT2D eigenvalue weighted by atomic mass is 32.1. The molecule has 0 N–H and O–H groups in total. The Morgan fingerprint density at radius 1 is 1.20 bits per heavy atom. The average Bonchev–Trinajstić information content (AvgIpc) is 3.47. The van der Waals surface area contributed by atoms with E-state index in [-0.39, 0.29) is 17.9 Å². The number of esters is 1. The first-order valence-corrected chi connectivity index (χ1v) is 10.7. The molecule has 1 aromatic carbocycles. The summed E-state index contributed by atoms with van der Waals surface area (Å²) in [5.41, 5.74) is 2.19. The van der Waals surface area contributed by atoms with Gasteiger partial charge in [0.1, 0.15) is 16.4 Å². The highest BCUT2D eigenvalue weighted by Gasteiger charge is 2.24. The summed E-state index contributed by atoms with van der Waals surface area (Å²) >= 11 is 1.64. The highest BCUT2D eigenvalue weighted by molar-refractivity contribution is 7.18. The fourth-order valence-corrected chi connectivity index (χ4v) is 5.30. The lowest BCUT2D eigenvalue weighted by Crippen LogP contribution is -2.26. The number of carbonyl (C=O) groups excluding carboxylic acids is 1. The maximum Gasteiger partial charge on any atom is 0.373 e. The normalized spacial score (nSPS) is 13.0. The standard InChI is InChI=1S/C23H20N2O4S/c1-28-23(27)17-11-10-15(29-17)13-25-19(12-14-6-3-2-4-7-14)24-21-20(22(25)26)16-8-5-9-18(16)30-21/h2-4,6-7,10-11H,5,8-9,12-13H2,1H3. The van der Waals surface area contributed by atoms with Crippen molar-refractivity contribution < 1.29 is 13.9 Å². The third kappa shape index (κ3) is 3.25. The number of furan rings is 1. The summed E-state index contributed by atoms with van der Waals surface area (Å²) in [6.45, 7) is 0.214. The van der Waals surface area contributed by atoms with Gasteiger partial charge in [0.25, 0.3) is 5.56 Å². The molecule has 1 aliphatic carbocycles. The van der Waals surface area contributed by atoms with Crippen LogP contribution in [0.25, 0.3) is 10.2 Å². The van der Waals surface area contributed by atoms with E-state index in [0.717, 1.165) is 40.6 Å². The van der Waals surface area contributed by atoms with Crippen molar-refractivity contribution in [1.29, 1.82) is 0 Å². The van der Waals surface area contributed by atoms with Crippen LogP contribution >= 0.6 is 11.3 Å². The van der Waals surface area contributed by atoms with Gasteiger partial charge in [-0.25, -0.2) is 9.78 Å². The van der Waals surface area contributed by atoms with Crippen molar-refractivity contribution in [2.45, 2.75) is 32.2 Å². The molecule has 0 aliphatic heterocycles. The van der Waals surface area contributed by atoms with E-state index in [4.69, 9.17) is 14.1 Å². The van der Waals surface area contributed by atoms with Crippen molar-refractivity contribution in [3.63, 3.8) is 0 Å². The van der Waals surface area contributed by atoms with Gasteiger partial charge >= 0.3 is 5.97 Å². The molecule has 0 saturated heterocycles. The van der Waals surface area contributed by atoms with Crippen LogP contribution in [0.5, 0.6) is 0 Å². The number of aryl methyl sites for hydroxylation is 2. The SMILES string of the molecule is COC(=O)c1ccc(Cn2c(Cc3ccccc3)nc3sc4c(c3c2=O)CCC4)o1. The van der Waals surface area contributed by atoms with E-state index in [1.807, 2.05) is 30.3 Å². The van der Waals surface area contributed by atoms with Gasteiger partial charge in [-0.2, -0.15) is 0 Å². The molecular weight excluding hydrogens is 400 g/mol. The lowest BCUT2D eigenvalue weighted by atomic mass is 10.1. The van der Waals surface area contributed by atoms with E-state index in [1.165, 1.54) is 12.0 Å². The molecule has 6 nitrogen and oxygen atoms in total. The number of nitrogens with zero attached hydrogens (tertiary/aromatic N) is 2. The topological polar surface area (TPSA) is 74.3 Å². The average molecular weight is 420 g/mol. The van der Waals surface area contributed by atoms with Crippen LogP contribution < -0.4 is 5.56 Å². The molecular formula is C23H20N2O4S. The van der Waals surface area contributed by atoms with Gasteiger partial charge in [0.05, 0.1) is 19.0 Å². The quantitative estimate of drug-likeness (QED) is 0.457. The van der Waals surface area contributed by atoms with E-state index >= 15 is 0 Å². The molecule has 0 radical (unpaired) electrons. The molecule has 1 aliphatic rings. The van der Waals surface area contributed by atoms with Crippen molar-refractivity contribution >= 4 is 27.5 Å². The van der Waals surface area contributed by atoms with E-state index in [1.54, 1.807) is 28.0 Å². The summed E-state index contributed by atoms with van der Waals surface area (Å²) in [6.07, 6.45) is 3.57. The second kappa shape index (κ2) is 7.57. The Labute approximate surface area is 176 Å². The fourth-order valence-electron chi connectivity index (χ4n) is 4.02. The van der Waals surface area contributed by atoms with Gasteiger partial charge in [-0.05, 0) is 42.5 Å². The zero-order valence-electron chi connectivity index (χ0n) is 16.5. The van der Waals surface area contributed by atoms with E-state index < -0.39 is 5.97 Å². The molecule has 0 unspecified atom stereocenters. The zero-order chi connectivity index (χ0) is 20.7. The van der Waals surface area contributed by atoms with Gasteiger partial charge < -0.3 is 9.15 Å². The van der Waals surface area contributed by atoms with Crippen LogP contribution in [-0.4, -0.2) is 22.6 Å². The van der Waals surface area contributed by atoms with Crippen LogP contribution in [0, 0.1) is 0 Å². The predicted molar refractivity (Wildman–Crippen MR) is 114 cm³/mol. The molecule has 4 aromatic rings. The van der Waals surface area contributed by atoms with Gasteiger partial charge in [-0.15, -0.1) is 11.3 Å². The Morgan fingerprint density at radius 3 is 2.83 bits per heavy atom. The molecule has 0 fully saturated rings. The summed E-state index contributed by atoms with van der Waals surface area (Å²) in [4.78, 5) is 32.3. The van der Waals surface area contributed by atoms with Crippen molar-refractivity contribution in [1.82, 2.24) is 9.55 Å². The maximum absolute atomic E-state index is 13.6. The lowest BCUT2D eigenvalue weighted by Gasteiger charge is -2.12. The summed E-state index contributed by atoms with van der Waals surface area (Å²) in [5.74, 6) is 0.785. The monoisotopic (exact) mass is 420 g/mol. The molecule has 7 heteroatoms. The second-order valence-corrected chi connectivity index (χ2v) is 8.46. The molecule has 0 amide bonds. The minimum Gasteiger partial charge on any atom is -0.463 e. The Balaban J connectivity index is 1.62. The molecule has 152 valence electrons. The predicted octanol–water partition coefficient (Wildman–Crippen LogP) is 3.97. The number of ether oxygens (including phenoxy) is 1. The highest BCUT2D eigenvalue weighted by Crippen LogP contribution is 2.35. The first-order chi connectivity index (χ1) is 14.6. The number of carbonyl (C=O) groups is 1. The number of thiophene rings is 1. The molecule has 0 spiro atoms. The van der Waals surface area contributed by atoms with Crippen LogP contribution in [0.2, 0.25) is 0 Å². The molecule has 0 bridgehead atoms. The van der Waals surface area contributed by atoms with Gasteiger partial charge in [-0.3, -0.25) is 9.36 Å². The minimum absolute atomic E-state index is 0.0404. The molecule has 5 rings (SSSR count). The van der Waals surface area contributed by atoms with Crippen LogP contribution in [0.1, 0.15) is 44.6 Å². The van der Waals surface area contributed by atoms with Gasteiger partial charge in [0, 0.05) is 11.3 Å². The number of hydrogen-bond donors (Lipinski definition) is 0. The Morgan fingerprint density at radius 2 is 2.03 bits per heavy atom. The Hall–Kier alpha value is -3.19. The van der Waals surface area contributed by atoms with Gasteiger partial charge in [0.2, 0.25) is 5.76 Å².